The molecule has 7 nitrogen and oxygen atoms in total. The van der Waals surface area contributed by atoms with Crippen LogP contribution in [0, 0.1) is 0 Å². The van der Waals surface area contributed by atoms with Crippen molar-refractivity contribution in [2.45, 2.75) is 25.8 Å². The molecule has 0 spiro atoms. The van der Waals surface area contributed by atoms with Crippen LogP contribution in [0.2, 0.25) is 0 Å². The first-order chi connectivity index (χ1) is 9.50. The zero-order valence-corrected chi connectivity index (χ0v) is 12.1. The van der Waals surface area contributed by atoms with Crippen molar-refractivity contribution < 1.29 is 13.2 Å². The van der Waals surface area contributed by atoms with Crippen LogP contribution in [-0.4, -0.2) is 48.6 Å². The smallest absolute Gasteiger partial charge is 0.271 e. The molecule has 1 aliphatic heterocycles. The van der Waals surface area contributed by atoms with E-state index < -0.39 is 9.84 Å². The van der Waals surface area contributed by atoms with Gasteiger partial charge in [-0.05, 0) is 25.0 Å². The number of sulfone groups is 1. The molecule has 0 saturated carbocycles. The molecule has 1 aromatic rings. The highest BCUT2D eigenvalue weighted by molar-refractivity contribution is 7.91. The van der Waals surface area contributed by atoms with Crippen molar-refractivity contribution in [1.82, 2.24) is 15.5 Å². The van der Waals surface area contributed by atoms with E-state index in [1.54, 1.807) is 12.1 Å². The third-order valence-corrected chi connectivity index (χ3v) is 4.79. The number of carbonyl (C=O) groups excluding carboxylic acids is 1. The van der Waals surface area contributed by atoms with Gasteiger partial charge in [-0.1, -0.05) is 6.92 Å². The van der Waals surface area contributed by atoms with Gasteiger partial charge in [0.1, 0.15) is 5.82 Å². The van der Waals surface area contributed by atoms with E-state index >= 15 is 0 Å². The third-order valence-electron chi connectivity index (χ3n) is 3.02. The molecule has 0 aliphatic carbocycles. The molecule has 1 fully saturated rings. The second-order valence-electron chi connectivity index (χ2n) is 4.80. The molecule has 8 heteroatoms. The summed E-state index contributed by atoms with van der Waals surface area (Å²) in [6.45, 7) is 2.56. The molecule has 1 saturated heterocycles. The Labute approximate surface area is 118 Å². The van der Waals surface area contributed by atoms with Gasteiger partial charge in [0.05, 0.1) is 11.5 Å². The van der Waals surface area contributed by atoms with E-state index in [9.17, 15) is 13.2 Å². The quantitative estimate of drug-likeness (QED) is 0.806. The number of hydrogen-bond acceptors (Lipinski definition) is 6. The Morgan fingerprint density at radius 3 is 2.75 bits per heavy atom. The summed E-state index contributed by atoms with van der Waals surface area (Å²) in [6, 6.07) is 3.08. The number of carbonyl (C=O) groups is 1. The normalized spacial score (nSPS) is 20.6. The molecular weight excluding hydrogens is 280 g/mol. The number of hydrogen-bond donors (Lipinski definition) is 2. The predicted molar refractivity (Wildman–Crippen MR) is 75.3 cm³/mol. The number of nitrogens with one attached hydrogen (secondary N) is 2. The van der Waals surface area contributed by atoms with Crippen LogP contribution < -0.4 is 10.6 Å². The van der Waals surface area contributed by atoms with Gasteiger partial charge in [-0.3, -0.25) is 4.79 Å². The molecule has 1 amide bonds. The molecule has 110 valence electrons. The van der Waals surface area contributed by atoms with Crippen molar-refractivity contribution >= 4 is 21.6 Å². The van der Waals surface area contributed by atoms with Crippen molar-refractivity contribution in [2.75, 3.05) is 23.4 Å². The summed E-state index contributed by atoms with van der Waals surface area (Å²) < 4.78 is 22.7. The Kier molecular flexibility index (Phi) is 4.53. The summed E-state index contributed by atoms with van der Waals surface area (Å²) in [5.74, 6) is 0.553. The number of anilines is 1. The zero-order chi connectivity index (χ0) is 14.6. The van der Waals surface area contributed by atoms with Gasteiger partial charge >= 0.3 is 0 Å². The number of rotatable bonds is 5. The maximum atomic E-state index is 11.6. The van der Waals surface area contributed by atoms with Crippen LogP contribution in [0.5, 0.6) is 0 Å². The van der Waals surface area contributed by atoms with Crippen LogP contribution in [0.15, 0.2) is 12.1 Å². The van der Waals surface area contributed by atoms with Gasteiger partial charge in [0.2, 0.25) is 0 Å². The van der Waals surface area contributed by atoms with Crippen molar-refractivity contribution in [3.63, 3.8) is 0 Å². The van der Waals surface area contributed by atoms with Gasteiger partial charge in [0.15, 0.2) is 15.5 Å². The van der Waals surface area contributed by atoms with Crippen LogP contribution in [0.25, 0.3) is 0 Å². The number of nitrogens with zero attached hydrogens (tertiary/aromatic N) is 2. The summed E-state index contributed by atoms with van der Waals surface area (Å²) in [5.41, 5.74) is 0.253. The molecular formula is C12H18N4O3S. The van der Waals surface area contributed by atoms with Gasteiger partial charge in [0.25, 0.3) is 5.91 Å². The van der Waals surface area contributed by atoms with Gasteiger partial charge in [-0.15, -0.1) is 10.2 Å². The Morgan fingerprint density at radius 1 is 1.40 bits per heavy atom. The van der Waals surface area contributed by atoms with Gasteiger partial charge in [-0.25, -0.2) is 8.42 Å². The maximum absolute atomic E-state index is 11.6. The molecule has 20 heavy (non-hydrogen) atoms. The highest BCUT2D eigenvalue weighted by Crippen LogP contribution is 2.15. The first kappa shape index (κ1) is 14.7. The molecule has 0 bridgehead atoms. The first-order valence-corrected chi connectivity index (χ1v) is 8.41. The topological polar surface area (TPSA) is 101 Å². The van der Waals surface area contributed by atoms with Crippen LogP contribution in [-0.2, 0) is 9.84 Å². The van der Waals surface area contributed by atoms with E-state index in [4.69, 9.17) is 0 Å². The van der Waals surface area contributed by atoms with Gasteiger partial charge < -0.3 is 10.6 Å². The summed E-state index contributed by atoms with van der Waals surface area (Å²) in [7, 11) is -2.92. The molecule has 1 aliphatic rings. The summed E-state index contributed by atoms with van der Waals surface area (Å²) >= 11 is 0. The highest BCUT2D eigenvalue weighted by atomic mass is 32.2. The molecule has 1 unspecified atom stereocenters. The average Bonchev–Trinajstić information content (AvgIpc) is 2.76. The molecule has 0 aromatic carbocycles. The lowest BCUT2D eigenvalue weighted by atomic mass is 10.2. The summed E-state index contributed by atoms with van der Waals surface area (Å²) in [4.78, 5) is 11.6. The van der Waals surface area contributed by atoms with Crippen molar-refractivity contribution in [2.24, 2.45) is 0 Å². The third kappa shape index (κ3) is 3.89. The second kappa shape index (κ2) is 6.17. The SMILES string of the molecule is CCCNC(=O)c1ccc(NC2CCS(=O)(=O)C2)nn1. The van der Waals surface area contributed by atoms with Gasteiger partial charge in [0, 0.05) is 12.6 Å². The van der Waals surface area contributed by atoms with E-state index in [0.29, 0.717) is 18.8 Å². The van der Waals surface area contributed by atoms with E-state index in [1.807, 2.05) is 6.92 Å². The predicted octanol–water partition coefficient (Wildman–Crippen LogP) is 0.215. The summed E-state index contributed by atoms with van der Waals surface area (Å²) in [6.07, 6.45) is 1.43. The minimum atomic E-state index is -2.92. The van der Waals surface area contributed by atoms with Crippen molar-refractivity contribution in [3.8, 4) is 0 Å². The highest BCUT2D eigenvalue weighted by Gasteiger charge is 2.27. The molecule has 1 atom stereocenters. The maximum Gasteiger partial charge on any atom is 0.271 e. The monoisotopic (exact) mass is 298 g/mol. The number of aromatic nitrogens is 2. The van der Waals surface area contributed by atoms with Crippen molar-refractivity contribution in [1.29, 1.82) is 0 Å². The Hall–Kier alpha value is -1.70. The lowest BCUT2D eigenvalue weighted by Gasteiger charge is -2.10. The molecule has 2 heterocycles. The number of amides is 1. The Morgan fingerprint density at radius 2 is 2.20 bits per heavy atom. The minimum Gasteiger partial charge on any atom is -0.365 e. The van der Waals surface area contributed by atoms with Crippen LogP contribution in [0.3, 0.4) is 0 Å². The summed E-state index contributed by atoms with van der Waals surface area (Å²) in [5, 5.41) is 13.5. The van der Waals surface area contributed by atoms with Crippen LogP contribution >= 0.6 is 0 Å². The largest absolute Gasteiger partial charge is 0.365 e. The van der Waals surface area contributed by atoms with E-state index in [0.717, 1.165) is 6.42 Å². The van der Waals surface area contributed by atoms with Gasteiger partial charge in [-0.2, -0.15) is 0 Å². The molecule has 2 rings (SSSR count). The van der Waals surface area contributed by atoms with E-state index in [-0.39, 0.29) is 29.1 Å². The lowest BCUT2D eigenvalue weighted by Crippen LogP contribution is -2.26. The Balaban J connectivity index is 1.93. The zero-order valence-electron chi connectivity index (χ0n) is 11.3. The van der Waals surface area contributed by atoms with Crippen molar-refractivity contribution in [3.05, 3.63) is 17.8 Å². The fourth-order valence-electron chi connectivity index (χ4n) is 1.98. The molecule has 1 aromatic heterocycles. The lowest BCUT2D eigenvalue weighted by molar-refractivity contribution is 0.0947. The fourth-order valence-corrected chi connectivity index (χ4v) is 3.65. The first-order valence-electron chi connectivity index (χ1n) is 6.59. The molecule has 0 radical (unpaired) electrons. The van der Waals surface area contributed by atoms with E-state index in [1.165, 1.54) is 0 Å². The van der Waals surface area contributed by atoms with Crippen LogP contribution in [0.1, 0.15) is 30.3 Å². The minimum absolute atomic E-state index is 0.118. The van der Waals surface area contributed by atoms with E-state index in [2.05, 4.69) is 20.8 Å². The fraction of sp³-hybridized carbons (Fsp3) is 0.583. The Bertz CT molecular complexity index is 571. The molecule has 2 N–H and O–H groups in total. The van der Waals surface area contributed by atoms with Crippen LogP contribution in [0.4, 0.5) is 5.82 Å². The average molecular weight is 298 g/mol. The second-order valence-corrected chi connectivity index (χ2v) is 7.03. The standard InChI is InChI=1S/C12H18N4O3S/c1-2-6-13-12(17)10-3-4-11(16-15-10)14-9-5-7-20(18,19)8-9/h3-4,9H,2,5-8H2,1H3,(H,13,17)(H,14,16).